The molecule has 0 aliphatic carbocycles. The van der Waals surface area contributed by atoms with Crippen LogP contribution in [0.15, 0.2) is 86.2 Å². The highest BCUT2D eigenvalue weighted by molar-refractivity contribution is 9.10. The van der Waals surface area contributed by atoms with Crippen LogP contribution in [0.5, 0.6) is 17.2 Å². The van der Waals surface area contributed by atoms with Crippen LogP contribution in [-0.2, 0) is 16.1 Å². The summed E-state index contributed by atoms with van der Waals surface area (Å²) in [7, 11) is 1.58. The number of carbonyl (C=O) groups is 1. The van der Waals surface area contributed by atoms with Crippen LogP contribution in [0.25, 0.3) is 6.08 Å². The number of fused-ring (bicyclic) bond motifs is 1. The molecule has 2 heterocycles. The van der Waals surface area contributed by atoms with Crippen LogP contribution >= 0.6 is 27.3 Å². The van der Waals surface area contributed by atoms with E-state index < -0.39 is 12.0 Å². The van der Waals surface area contributed by atoms with E-state index in [4.69, 9.17) is 18.9 Å². The highest BCUT2D eigenvalue weighted by atomic mass is 79.9. The number of hydrogen-bond donors (Lipinski definition) is 0. The number of aryl methyl sites for hydroxylation is 1. The summed E-state index contributed by atoms with van der Waals surface area (Å²) in [6, 6.07) is 18.5. The Kier molecular flexibility index (Phi) is 9.94. The third kappa shape index (κ3) is 6.92. The Morgan fingerprint density at radius 3 is 2.51 bits per heavy atom. The molecule has 0 saturated heterocycles. The average molecular weight is 692 g/mol. The van der Waals surface area contributed by atoms with E-state index in [9.17, 15) is 9.59 Å². The van der Waals surface area contributed by atoms with Crippen LogP contribution in [0.1, 0.15) is 56.0 Å². The summed E-state index contributed by atoms with van der Waals surface area (Å²) in [6.07, 6.45) is 1.67. The fourth-order valence-corrected chi connectivity index (χ4v) is 6.73. The second-order valence-electron chi connectivity index (χ2n) is 10.8. The number of para-hydroxylation sites is 1. The number of hydrogen-bond acceptors (Lipinski definition) is 8. The predicted molar refractivity (Wildman–Crippen MR) is 179 cm³/mol. The van der Waals surface area contributed by atoms with Gasteiger partial charge < -0.3 is 18.9 Å². The van der Waals surface area contributed by atoms with Gasteiger partial charge in [0.25, 0.3) is 5.56 Å². The Morgan fingerprint density at radius 1 is 1.09 bits per heavy atom. The van der Waals surface area contributed by atoms with E-state index in [1.54, 1.807) is 31.6 Å². The molecule has 0 spiro atoms. The Bertz CT molecular complexity index is 1940. The standard InChI is InChI=1S/C35H35BrN2O6S/c1-7-42-34(40)30-22(5)37-35-38(31(30)25-10-8-9-11-27(25)44-20(2)3)33(39)29(45-35)18-24-16-26(36)32(28(17-24)41-6)43-19-23-14-12-21(4)13-15-23/h8-18,20,31H,7,19H2,1-6H3/b29-18+/t31-/m1/s1. The van der Waals surface area contributed by atoms with Gasteiger partial charge in [-0.25, -0.2) is 9.79 Å². The first-order valence-corrected chi connectivity index (χ1v) is 16.2. The van der Waals surface area contributed by atoms with Crippen molar-refractivity contribution in [2.75, 3.05) is 13.7 Å². The molecule has 234 valence electrons. The number of allylic oxidation sites excluding steroid dienone is 1. The topological polar surface area (TPSA) is 88.4 Å². The molecule has 0 bridgehead atoms. The number of thiazole rings is 1. The molecule has 0 radical (unpaired) electrons. The summed E-state index contributed by atoms with van der Waals surface area (Å²) in [6.45, 7) is 9.98. The zero-order chi connectivity index (χ0) is 32.2. The van der Waals surface area contributed by atoms with Gasteiger partial charge in [0, 0.05) is 5.56 Å². The Balaban J connectivity index is 1.60. The number of benzene rings is 3. The first kappa shape index (κ1) is 32.2. The van der Waals surface area contributed by atoms with E-state index in [-0.39, 0.29) is 18.3 Å². The molecule has 0 saturated carbocycles. The van der Waals surface area contributed by atoms with E-state index in [0.29, 0.717) is 54.5 Å². The molecular formula is C35H35BrN2O6S. The summed E-state index contributed by atoms with van der Waals surface area (Å²) >= 11 is 4.88. The maximum atomic E-state index is 14.2. The van der Waals surface area contributed by atoms with Gasteiger partial charge in [-0.1, -0.05) is 59.4 Å². The van der Waals surface area contributed by atoms with Crippen LogP contribution in [0.3, 0.4) is 0 Å². The van der Waals surface area contributed by atoms with Crippen LogP contribution in [0.2, 0.25) is 0 Å². The normalized spacial score (nSPS) is 14.7. The molecule has 0 fully saturated rings. The lowest BCUT2D eigenvalue weighted by molar-refractivity contribution is -0.139. The first-order valence-electron chi connectivity index (χ1n) is 14.6. The van der Waals surface area contributed by atoms with Crippen molar-refractivity contribution in [1.82, 2.24) is 4.57 Å². The van der Waals surface area contributed by atoms with Crippen molar-refractivity contribution in [2.45, 2.75) is 53.4 Å². The molecule has 1 aromatic heterocycles. The molecule has 1 atom stereocenters. The summed E-state index contributed by atoms with van der Waals surface area (Å²) in [4.78, 5) is 32.6. The monoisotopic (exact) mass is 690 g/mol. The van der Waals surface area contributed by atoms with Gasteiger partial charge in [-0.2, -0.15) is 0 Å². The number of aromatic nitrogens is 1. The molecule has 1 aliphatic heterocycles. The van der Waals surface area contributed by atoms with Gasteiger partial charge in [-0.3, -0.25) is 9.36 Å². The molecule has 0 N–H and O–H groups in total. The second kappa shape index (κ2) is 13.9. The molecule has 10 heteroatoms. The number of ether oxygens (including phenoxy) is 4. The number of esters is 1. The first-order chi connectivity index (χ1) is 21.6. The minimum atomic E-state index is -0.781. The fraction of sp³-hybridized carbons (Fsp3) is 0.286. The van der Waals surface area contributed by atoms with Crippen molar-refractivity contribution in [3.63, 3.8) is 0 Å². The number of nitrogens with zero attached hydrogens (tertiary/aromatic N) is 2. The molecule has 0 unspecified atom stereocenters. The summed E-state index contributed by atoms with van der Waals surface area (Å²) in [5.74, 6) is 1.15. The summed E-state index contributed by atoms with van der Waals surface area (Å²) in [5, 5.41) is 0. The van der Waals surface area contributed by atoms with Crippen molar-refractivity contribution >= 4 is 39.3 Å². The maximum absolute atomic E-state index is 14.2. The van der Waals surface area contributed by atoms with Crippen molar-refractivity contribution in [2.24, 2.45) is 4.99 Å². The zero-order valence-corrected chi connectivity index (χ0v) is 28.5. The van der Waals surface area contributed by atoms with Crippen molar-refractivity contribution in [1.29, 1.82) is 0 Å². The Morgan fingerprint density at radius 2 is 1.82 bits per heavy atom. The van der Waals surface area contributed by atoms with Gasteiger partial charge in [0.15, 0.2) is 16.3 Å². The van der Waals surface area contributed by atoms with Crippen LogP contribution in [0.4, 0.5) is 0 Å². The number of rotatable bonds is 10. The van der Waals surface area contributed by atoms with Crippen LogP contribution in [0, 0.1) is 6.92 Å². The van der Waals surface area contributed by atoms with Gasteiger partial charge in [0.1, 0.15) is 18.4 Å². The van der Waals surface area contributed by atoms with E-state index >= 15 is 0 Å². The number of halogens is 1. The second-order valence-corrected chi connectivity index (χ2v) is 12.7. The lowest BCUT2D eigenvalue weighted by Gasteiger charge is -2.26. The fourth-order valence-electron chi connectivity index (χ4n) is 5.11. The highest BCUT2D eigenvalue weighted by Crippen LogP contribution is 2.38. The SMILES string of the molecule is CCOC(=O)C1=C(C)N=c2s/c(=C/c3cc(Br)c(OCc4ccc(C)cc4)c(OC)c3)c(=O)n2[C@@H]1c1ccccc1OC(C)C. The van der Waals surface area contributed by atoms with Gasteiger partial charge >= 0.3 is 5.97 Å². The molecule has 0 amide bonds. The molecule has 4 aromatic rings. The quantitative estimate of drug-likeness (QED) is 0.183. The molecule has 45 heavy (non-hydrogen) atoms. The largest absolute Gasteiger partial charge is 0.493 e. The van der Waals surface area contributed by atoms with Crippen LogP contribution < -0.4 is 29.1 Å². The van der Waals surface area contributed by atoms with E-state index in [1.165, 1.54) is 16.9 Å². The smallest absolute Gasteiger partial charge is 0.338 e. The van der Waals surface area contributed by atoms with Gasteiger partial charge in [0.05, 0.1) is 40.1 Å². The third-order valence-corrected chi connectivity index (χ3v) is 8.72. The lowest BCUT2D eigenvalue weighted by Crippen LogP contribution is -2.40. The van der Waals surface area contributed by atoms with E-state index in [0.717, 1.165) is 11.1 Å². The maximum Gasteiger partial charge on any atom is 0.338 e. The zero-order valence-electron chi connectivity index (χ0n) is 26.0. The predicted octanol–water partition coefficient (Wildman–Crippen LogP) is 6.24. The summed E-state index contributed by atoms with van der Waals surface area (Å²) < 4.78 is 26.1. The summed E-state index contributed by atoms with van der Waals surface area (Å²) in [5.41, 5.74) is 4.13. The molecule has 3 aromatic carbocycles. The molecular weight excluding hydrogens is 656 g/mol. The number of methoxy groups -OCH3 is 1. The van der Waals surface area contributed by atoms with Crippen molar-refractivity contribution in [3.05, 3.63) is 118 Å². The van der Waals surface area contributed by atoms with Crippen molar-refractivity contribution in [3.8, 4) is 17.2 Å². The van der Waals surface area contributed by atoms with Crippen LogP contribution in [-0.4, -0.2) is 30.4 Å². The van der Waals surface area contributed by atoms with Gasteiger partial charge in [-0.05, 0) is 86.0 Å². The van der Waals surface area contributed by atoms with E-state index in [2.05, 4.69) is 20.9 Å². The molecule has 5 rings (SSSR count). The Hall–Kier alpha value is -4.15. The third-order valence-electron chi connectivity index (χ3n) is 7.15. The Labute approximate surface area is 274 Å². The van der Waals surface area contributed by atoms with Gasteiger partial charge in [-0.15, -0.1) is 0 Å². The average Bonchev–Trinajstić information content (AvgIpc) is 3.30. The number of carbonyl (C=O) groups excluding carboxylic acids is 1. The minimum Gasteiger partial charge on any atom is -0.493 e. The highest BCUT2D eigenvalue weighted by Gasteiger charge is 2.35. The van der Waals surface area contributed by atoms with E-state index in [1.807, 2.05) is 81.4 Å². The lowest BCUT2D eigenvalue weighted by atomic mass is 9.95. The van der Waals surface area contributed by atoms with Gasteiger partial charge in [0.2, 0.25) is 0 Å². The molecule has 8 nitrogen and oxygen atoms in total. The molecule has 1 aliphatic rings. The van der Waals surface area contributed by atoms with Crippen molar-refractivity contribution < 1.29 is 23.7 Å². The minimum absolute atomic E-state index is 0.115.